The Kier molecular flexibility index (Phi) is 5.51. The molecule has 0 saturated carbocycles. The lowest BCUT2D eigenvalue weighted by Crippen LogP contribution is -2.29. The highest BCUT2D eigenvalue weighted by atomic mass is 32.1. The van der Waals surface area contributed by atoms with E-state index >= 15 is 0 Å². The van der Waals surface area contributed by atoms with Gasteiger partial charge in [0, 0.05) is 17.7 Å². The van der Waals surface area contributed by atoms with Gasteiger partial charge in [-0.1, -0.05) is 44.2 Å². The Balaban J connectivity index is 2.21. The van der Waals surface area contributed by atoms with Gasteiger partial charge in [-0.05, 0) is 25.3 Å². The first-order valence-electron chi connectivity index (χ1n) is 8.84. The Labute approximate surface area is 161 Å². The van der Waals surface area contributed by atoms with Crippen molar-refractivity contribution in [1.29, 1.82) is 0 Å². The summed E-state index contributed by atoms with van der Waals surface area (Å²) in [4.78, 5) is 29.7. The standard InChI is InChI=1S/C20H22N4O2S/c1-11(2)14-10-15(25)23-24-17(14)18-16(13-8-6-5-7-9-13)22-20(27-18)19(26)21-12(3)4/h5-12H,1-4H3,(H,21,26)(H,23,25). The van der Waals surface area contributed by atoms with Crippen LogP contribution in [0.15, 0.2) is 41.2 Å². The van der Waals surface area contributed by atoms with Crippen LogP contribution in [0.1, 0.15) is 49.0 Å². The van der Waals surface area contributed by atoms with E-state index in [4.69, 9.17) is 0 Å². The summed E-state index contributed by atoms with van der Waals surface area (Å²) >= 11 is 1.29. The lowest BCUT2D eigenvalue weighted by molar-refractivity contribution is 0.0943. The normalized spacial score (nSPS) is 11.2. The van der Waals surface area contributed by atoms with Gasteiger partial charge in [0.2, 0.25) is 0 Å². The molecule has 2 aromatic heterocycles. The van der Waals surface area contributed by atoms with Crippen LogP contribution in [-0.4, -0.2) is 27.1 Å². The van der Waals surface area contributed by atoms with Crippen LogP contribution in [0.3, 0.4) is 0 Å². The molecule has 0 radical (unpaired) electrons. The van der Waals surface area contributed by atoms with Gasteiger partial charge >= 0.3 is 0 Å². The maximum atomic E-state index is 12.5. The van der Waals surface area contributed by atoms with Gasteiger partial charge in [0.05, 0.1) is 10.6 Å². The topological polar surface area (TPSA) is 87.7 Å². The second-order valence-electron chi connectivity index (χ2n) is 6.88. The molecule has 0 aliphatic carbocycles. The smallest absolute Gasteiger partial charge is 0.280 e. The molecule has 0 fully saturated rings. The minimum Gasteiger partial charge on any atom is -0.348 e. The molecule has 7 heteroatoms. The van der Waals surface area contributed by atoms with Crippen molar-refractivity contribution in [1.82, 2.24) is 20.5 Å². The molecule has 0 aliphatic rings. The van der Waals surface area contributed by atoms with Crippen LogP contribution in [-0.2, 0) is 0 Å². The number of amides is 1. The lowest BCUT2D eigenvalue weighted by Gasteiger charge is -2.10. The van der Waals surface area contributed by atoms with Gasteiger partial charge in [-0.25, -0.2) is 10.1 Å². The van der Waals surface area contributed by atoms with E-state index in [9.17, 15) is 9.59 Å². The monoisotopic (exact) mass is 382 g/mol. The molecule has 6 nitrogen and oxygen atoms in total. The van der Waals surface area contributed by atoms with Crippen LogP contribution < -0.4 is 10.9 Å². The van der Waals surface area contributed by atoms with Crippen LogP contribution in [0.25, 0.3) is 21.8 Å². The number of hydrogen-bond donors (Lipinski definition) is 2. The molecule has 2 heterocycles. The first-order chi connectivity index (χ1) is 12.9. The fraction of sp³-hybridized carbons (Fsp3) is 0.300. The molecule has 0 unspecified atom stereocenters. The number of H-pyrrole nitrogens is 1. The van der Waals surface area contributed by atoms with Crippen LogP contribution >= 0.6 is 11.3 Å². The zero-order chi connectivity index (χ0) is 19.6. The fourth-order valence-electron chi connectivity index (χ4n) is 2.73. The minimum atomic E-state index is -0.244. The van der Waals surface area contributed by atoms with Gasteiger partial charge in [-0.3, -0.25) is 9.59 Å². The SMILES string of the molecule is CC(C)NC(=O)c1nc(-c2ccccc2)c(-c2n[nH]c(=O)cc2C(C)C)s1. The fourth-order valence-corrected chi connectivity index (χ4v) is 3.73. The van der Waals surface area contributed by atoms with E-state index in [1.165, 1.54) is 11.3 Å². The summed E-state index contributed by atoms with van der Waals surface area (Å²) in [5.41, 5.74) is 2.83. The average molecular weight is 382 g/mol. The summed E-state index contributed by atoms with van der Waals surface area (Å²) in [6.45, 7) is 7.83. The van der Waals surface area contributed by atoms with E-state index in [0.29, 0.717) is 16.4 Å². The van der Waals surface area contributed by atoms with Gasteiger partial charge in [0.1, 0.15) is 5.69 Å². The summed E-state index contributed by atoms with van der Waals surface area (Å²) in [7, 11) is 0. The van der Waals surface area contributed by atoms with Crippen molar-refractivity contribution >= 4 is 17.2 Å². The molecule has 0 bridgehead atoms. The molecular weight excluding hydrogens is 360 g/mol. The number of aromatic amines is 1. The molecule has 27 heavy (non-hydrogen) atoms. The zero-order valence-electron chi connectivity index (χ0n) is 15.7. The number of nitrogens with zero attached hydrogens (tertiary/aromatic N) is 2. The van der Waals surface area contributed by atoms with Crippen LogP contribution in [0.2, 0.25) is 0 Å². The van der Waals surface area contributed by atoms with Gasteiger partial charge in [-0.15, -0.1) is 11.3 Å². The molecule has 0 atom stereocenters. The number of rotatable bonds is 5. The van der Waals surface area contributed by atoms with Crippen LogP contribution in [0.4, 0.5) is 0 Å². The minimum absolute atomic E-state index is 0.0162. The number of carbonyl (C=O) groups excluding carboxylic acids is 1. The van der Waals surface area contributed by atoms with Crippen LogP contribution in [0, 0.1) is 0 Å². The third-order valence-electron chi connectivity index (χ3n) is 3.96. The van der Waals surface area contributed by atoms with Crippen molar-refractivity contribution in [3.05, 3.63) is 57.3 Å². The predicted molar refractivity (Wildman–Crippen MR) is 108 cm³/mol. The van der Waals surface area contributed by atoms with Crippen LogP contribution in [0.5, 0.6) is 0 Å². The first kappa shape index (κ1) is 19.0. The molecule has 0 spiro atoms. The van der Waals surface area contributed by atoms with E-state index < -0.39 is 0 Å². The number of thiazole rings is 1. The van der Waals surface area contributed by atoms with Crippen molar-refractivity contribution < 1.29 is 4.79 Å². The van der Waals surface area contributed by atoms with E-state index in [1.807, 2.05) is 58.0 Å². The highest BCUT2D eigenvalue weighted by molar-refractivity contribution is 7.17. The molecule has 2 N–H and O–H groups in total. The van der Waals surface area contributed by atoms with Gasteiger partial charge in [0.15, 0.2) is 5.01 Å². The summed E-state index contributed by atoms with van der Waals surface area (Å²) in [5.74, 6) is -0.109. The maximum absolute atomic E-state index is 12.5. The number of aromatic nitrogens is 3. The Morgan fingerprint density at radius 1 is 1.11 bits per heavy atom. The predicted octanol–water partition coefficient (Wildman–Crippen LogP) is 3.82. The second-order valence-corrected chi connectivity index (χ2v) is 7.88. The molecule has 1 amide bonds. The van der Waals surface area contributed by atoms with Crippen molar-refractivity contribution in [3.63, 3.8) is 0 Å². The second kappa shape index (κ2) is 7.84. The summed E-state index contributed by atoms with van der Waals surface area (Å²) in [6, 6.07) is 11.3. The number of hydrogen-bond acceptors (Lipinski definition) is 5. The van der Waals surface area contributed by atoms with Crippen molar-refractivity contribution in [2.75, 3.05) is 0 Å². The van der Waals surface area contributed by atoms with Gasteiger partial charge in [0.25, 0.3) is 11.5 Å². The maximum Gasteiger partial charge on any atom is 0.280 e. The van der Waals surface area contributed by atoms with Crippen molar-refractivity contribution in [3.8, 4) is 21.8 Å². The molecule has 140 valence electrons. The Bertz CT molecular complexity index is 1010. The van der Waals surface area contributed by atoms with E-state index in [2.05, 4.69) is 20.5 Å². The van der Waals surface area contributed by atoms with E-state index in [1.54, 1.807) is 6.07 Å². The highest BCUT2D eigenvalue weighted by Gasteiger charge is 2.23. The molecule has 0 aliphatic heterocycles. The Morgan fingerprint density at radius 2 is 1.81 bits per heavy atom. The number of carbonyl (C=O) groups is 1. The third kappa shape index (κ3) is 4.14. The quantitative estimate of drug-likeness (QED) is 0.702. The summed E-state index contributed by atoms with van der Waals surface area (Å²) in [6.07, 6.45) is 0. The van der Waals surface area contributed by atoms with Crippen molar-refractivity contribution in [2.45, 2.75) is 39.7 Å². The van der Waals surface area contributed by atoms with E-state index in [0.717, 1.165) is 16.0 Å². The van der Waals surface area contributed by atoms with E-state index in [-0.39, 0.29) is 23.4 Å². The van der Waals surface area contributed by atoms with Crippen molar-refractivity contribution in [2.24, 2.45) is 0 Å². The molecular formula is C20H22N4O2S. The first-order valence-corrected chi connectivity index (χ1v) is 9.65. The van der Waals surface area contributed by atoms with Gasteiger partial charge < -0.3 is 5.32 Å². The van der Waals surface area contributed by atoms with Gasteiger partial charge in [-0.2, -0.15) is 5.10 Å². The molecule has 0 saturated heterocycles. The molecule has 3 aromatic rings. The summed E-state index contributed by atoms with van der Waals surface area (Å²) in [5, 5.41) is 10.1. The number of nitrogens with one attached hydrogen (secondary N) is 2. The summed E-state index contributed by atoms with van der Waals surface area (Å²) < 4.78 is 0. The largest absolute Gasteiger partial charge is 0.348 e. The highest BCUT2D eigenvalue weighted by Crippen LogP contribution is 2.38. The molecule has 1 aromatic carbocycles. The molecule has 3 rings (SSSR count). The lowest BCUT2D eigenvalue weighted by atomic mass is 10.00. The number of benzene rings is 1. The Hall–Kier alpha value is -2.80. The third-order valence-corrected chi connectivity index (χ3v) is 5.02. The Morgan fingerprint density at radius 3 is 2.44 bits per heavy atom. The average Bonchev–Trinajstić information content (AvgIpc) is 3.07. The zero-order valence-corrected chi connectivity index (χ0v) is 16.6.